The Labute approximate surface area is 202 Å². The van der Waals surface area contributed by atoms with E-state index in [4.69, 9.17) is 0 Å². The number of carboxylic acid groups (broad SMARTS) is 1. The van der Waals surface area contributed by atoms with Crippen molar-refractivity contribution in [2.24, 2.45) is 0 Å². The molecule has 0 saturated carbocycles. The summed E-state index contributed by atoms with van der Waals surface area (Å²) >= 11 is 3.47. The summed E-state index contributed by atoms with van der Waals surface area (Å²) in [4.78, 5) is 36.3. The second kappa shape index (κ2) is 8.84. The molecule has 0 aliphatic carbocycles. The maximum atomic E-state index is 15.1. The molecule has 1 aliphatic rings. The molecule has 0 radical (unpaired) electrons. The van der Waals surface area contributed by atoms with E-state index in [1.807, 2.05) is 30.0 Å². The number of pyridine rings is 1. The quantitative estimate of drug-likeness (QED) is 0.409. The summed E-state index contributed by atoms with van der Waals surface area (Å²) in [7, 11) is 0. The third kappa shape index (κ3) is 4.07. The molecule has 0 amide bonds. The molecule has 1 fully saturated rings. The second-order valence-electron chi connectivity index (χ2n) is 8.39. The lowest BCUT2D eigenvalue weighted by atomic mass is 10.1. The second-order valence-corrected chi connectivity index (χ2v) is 9.31. The van der Waals surface area contributed by atoms with Crippen LogP contribution in [0.25, 0.3) is 21.9 Å². The van der Waals surface area contributed by atoms with Crippen LogP contribution in [0.3, 0.4) is 0 Å². The van der Waals surface area contributed by atoms with Crippen LogP contribution >= 0.6 is 15.9 Å². The van der Waals surface area contributed by atoms with Crippen LogP contribution in [0.5, 0.6) is 0 Å². The van der Waals surface area contributed by atoms with Crippen molar-refractivity contribution >= 4 is 49.5 Å². The summed E-state index contributed by atoms with van der Waals surface area (Å²) < 4.78 is 17.8. The van der Waals surface area contributed by atoms with Crippen molar-refractivity contribution in [1.29, 1.82) is 0 Å². The van der Waals surface area contributed by atoms with Crippen LogP contribution in [-0.2, 0) is 13.1 Å². The lowest BCUT2D eigenvalue weighted by Crippen LogP contribution is -2.46. The molecular formula is C24H23BrFN5O3. The monoisotopic (exact) mass is 527 g/mol. The van der Waals surface area contributed by atoms with Crippen molar-refractivity contribution in [3.63, 3.8) is 0 Å². The number of carbonyl (C=O) groups is 1. The van der Waals surface area contributed by atoms with Gasteiger partial charge in [0.25, 0.3) is 0 Å². The molecule has 0 spiro atoms. The van der Waals surface area contributed by atoms with E-state index in [1.54, 1.807) is 10.6 Å². The van der Waals surface area contributed by atoms with Crippen LogP contribution < -0.4 is 10.3 Å². The Morgan fingerprint density at radius 3 is 2.68 bits per heavy atom. The highest BCUT2D eigenvalue weighted by atomic mass is 79.9. The number of H-pyrrole nitrogens is 1. The molecule has 5 rings (SSSR count). The molecule has 1 aliphatic heterocycles. The topological polar surface area (TPSA) is 94.5 Å². The van der Waals surface area contributed by atoms with E-state index in [-0.39, 0.29) is 10.9 Å². The first kappa shape index (κ1) is 22.5. The largest absolute Gasteiger partial charge is 0.477 e. The van der Waals surface area contributed by atoms with Gasteiger partial charge in [-0.3, -0.25) is 9.69 Å². The van der Waals surface area contributed by atoms with Crippen molar-refractivity contribution in [3.8, 4) is 0 Å². The van der Waals surface area contributed by atoms with Gasteiger partial charge in [-0.25, -0.2) is 14.2 Å². The van der Waals surface area contributed by atoms with E-state index in [2.05, 4.69) is 30.8 Å². The Bertz CT molecular complexity index is 1470. The number of nitrogens with zero attached hydrogens (tertiary/aromatic N) is 4. The zero-order valence-electron chi connectivity index (χ0n) is 18.5. The van der Waals surface area contributed by atoms with Gasteiger partial charge in [-0.15, -0.1) is 0 Å². The van der Waals surface area contributed by atoms with Gasteiger partial charge in [0.2, 0.25) is 5.43 Å². The number of hydrogen-bond donors (Lipinski definition) is 2. The van der Waals surface area contributed by atoms with Crippen LogP contribution in [-0.4, -0.2) is 56.7 Å². The first-order chi connectivity index (χ1) is 16.3. The van der Waals surface area contributed by atoms with Gasteiger partial charge < -0.3 is 19.6 Å². The molecular weight excluding hydrogens is 505 g/mol. The minimum atomic E-state index is -1.31. The molecule has 176 valence electrons. The molecule has 0 unspecified atom stereocenters. The van der Waals surface area contributed by atoms with E-state index >= 15 is 4.39 Å². The average Bonchev–Trinajstić information content (AvgIpc) is 3.21. The number of aromatic amines is 1. The number of benzene rings is 2. The number of halogens is 2. The van der Waals surface area contributed by atoms with E-state index in [9.17, 15) is 14.7 Å². The predicted octanol–water partition coefficient (Wildman–Crippen LogP) is 3.82. The molecule has 0 atom stereocenters. The van der Waals surface area contributed by atoms with Crippen molar-refractivity contribution in [3.05, 3.63) is 68.4 Å². The minimum Gasteiger partial charge on any atom is -0.477 e. The van der Waals surface area contributed by atoms with E-state index in [1.165, 1.54) is 12.3 Å². The number of piperazine rings is 1. The number of hydrogen-bond acceptors (Lipinski definition) is 5. The van der Waals surface area contributed by atoms with Crippen molar-refractivity contribution < 1.29 is 14.3 Å². The maximum absolute atomic E-state index is 15.1. The van der Waals surface area contributed by atoms with Crippen LogP contribution in [0.4, 0.5) is 10.1 Å². The van der Waals surface area contributed by atoms with Crippen molar-refractivity contribution in [2.45, 2.75) is 20.0 Å². The number of nitrogens with one attached hydrogen (secondary N) is 1. The summed E-state index contributed by atoms with van der Waals surface area (Å²) in [5.41, 5.74) is 1.83. The van der Waals surface area contributed by atoms with Crippen LogP contribution in [0, 0.1) is 5.82 Å². The molecule has 8 nitrogen and oxygen atoms in total. The number of anilines is 1. The summed E-state index contributed by atoms with van der Waals surface area (Å²) in [6, 6.07) is 8.76. The first-order valence-electron chi connectivity index (χ1n) is 11.1. The Balaban J connectivity index is 1.36. The highest BCUT2D eigenvalue weighted by molar-refractivity contribution is 9.10. The smallest absolute Gasteiger partial charge is 0.341 e. The molecule has 3 heterocycles. The third-order valence-corrected chi connectivity index (χ3v) is 6.79. The lowest BCUT2D eigenvalue weighted by Gasteiger charge is -2.36. The van der Waals surface area contributed by atoms with Gasteiger partial charge in [0.15, 0.2) is 0 Å². The van der Waals surface area contributed by atoms with Crippen molar-refractivity contribution in [2.75, 3.05) is 31.1 Å². The van der Waals surface area contributed by atoms with Gasteiger partial charge >= 0.3 is 5.97 Å². The molecule has 1 saturated heterocycles. The standard InChI is InChI=1S/C24H23BrFN5O3/c1-2-30-12-16(24(33)34)23(32)15-10-17(26)21(11-20(15)30)31-7-5-29(6-8-31)13-22-27-18-4-3-14(25)9-19(18)28-22/h3-4,9-12H,2,5-8,13H2,1H3,(H,27,28)(H,33,34). The minimum absolute atomic E-state index is 0.0816. The van der Waals surface area contributed by atoms with Crippen LogP contribution in [0.2, 0.25) is 0 Å². The van der Waals surface area contributed by atoms with Gasteiger partial charge in [-0.2, -0.15) is 0 Å². The average molecular weight is 528 g/mol. The predicted molar refractivity (Wildman–Crippen MR) is 132 cm³/mol. The van der Waals surface area contributed by atoms with Crippen LogP contribution in [0.1, 0.15) is 23.1 Å². The number of aromatic carboxylic acids is 1. The van der Waals surface area contributed by atoms with Crippen LogP contribution in [0.15, 0.2) is 45.8 Å². The van der Waals surface area contributed by atoms with Crippen molar-refractivity contribution in [1.82, 2.24) is 19.4 Å². The summed E-state index contributed by atoms with van der Waals surface area (Å²) in [6.07, 6.45) is 1.33. The number of rotatable bonds is 5. The van der Waals surface area contributed by atoms with E-state index in [0.717, 1.165) is 34.4 Å². The normalized spacial score (nSPS) is 14.9. The highest BCUT2D eigenvalue weighted by Gasteiger charge is 2.23. The molecule has 34 heavy (non-hydrogen) atoms. The summed E-state index contributed by atoms with van der Waals surface area (Å²) in [6.45, 7) is 5.70. The van der Waals surface area contributed by atoms with Gasteiger partial charge in [0.05, 0.1) is 28.8 Å². The zero-order chi connectivity index (χ0) is 24.0. The van der Waals surface area contributed by atoms with Gasteiger partial charge in [0, 0.05) is 48.8 Å². The zero-order valence-corrected chi connectivity index (χ0v) is 20.1. The Morgan fingerprint density at radius 1 is 1.21 bits per heavy atom. The fourth-order valence-corrected chi connectivity index (χ4v) is 4.89. The van der Waals surface area contributed by atoms with E-state index in [0.29, 0.717) is 37.4 Å². The third-order valence-electron chi connectivity index (χ3n) is 6.30. The molecule has 2 aromatic carbocycles. The maximum Gasteiger partial charge on any atom is 0.341 e. The number of carboxylic acids is 1. The fourth-order valence-electron chi connectivity index (χ4n) is 4.52. The van der Waals surface area contributed by atoms with E-state index < -0.39 is 17.2 Å². The lowest BCUT2D eigenvalue weighted by molar-refractivity contribution is 0.0695. The molecule has 2 aromatic heterocycles. The molecule has 10 heteroatoms. The Morgan fingerprint density at radius 2 is 1.97 bits per heavy atom. The number of aromatic nitrogens is 3. The highest BCUT2D eigenvalue weighted by Crippen LogP contribution is 2.27. The number of imidazole rings is 1. The first-order valence-corrected chi connectivity index (χ1v) is 11.8. The molecule has 2 N–H and O–H groups in total. The summed E-state index contributed by atoms with van der Waals surface area (Å²) in [5.74, 6) is -0.947. The van der Waals surface area contributed by atoms with Gasteiger partial charge in [0.1, 0.15) is 17.2 Å². The fraction of sp³-hybridized carbons (Fsp3) is 0.292. The number of fused-ring (bicyclic) bond motifs is 2. The molecule has 0 bridgehead atoms. The molecule has 4 aromatic rings. The Kier molecular flexibility index (Phi) is 5.86. The number of aryl methyl sites for hydroxylation is 1. The SMILES string of the molecule is CCn1cc(C(=O)O)c(=O)c2cc(F)c(N3CCN(Cc4nc5ccc(Br)cc5[nH]4)CC3)cc21. The van der Waals surface area contributed by atoms with Gasteiger partial charge in [-0.1, -0.05) is 15.9 Å². The Hall–Kier alpha value is -3.24. The summed E-state index contributed by atoms with van der Waals surface area (Å²) in [5, 5.41) is 9.41. The van der Waals surface area contributed by atoms with Gasteiger partial charge in [-0.05, 0) is 37.3 Å².